The molecule has 1 fully saturated rings. The number of benzene rings is 2. The lowest BCUT2D eigenvalue weighted by molar-refractivity contribution is 0.230. The highest BCUT2D eigenvalue weighted by molar-refractivity contribution is 5.43. The third kappa shape index (κ3) is 2.70. The van der Waals surface area contributed by atoms with Crippen LogP contribution in [0.15, 0.2) is 48.5 Å². The van der Waals surface area contributed by atoms with E-state index in [1.165, 1.54) is 37.1 Å². The van der Waals surface area contributed by atoms with Crippen LogP contribution >= 0.6 is 0 Å². The Labute approximate surface area is 135 Å². The molecule has 2 aromatic carbocycles. The first-order chi connectivity index (χ1) is 10.8. The first-order valence-corrected chi connectivity index (χ1v) is 8.72. The first kappa shape index (κ1) is 15.3. The summed E-state index contributed by atoms with van der Waals surface area (Å²) in [4.78, 5) is 2.69. The van der Waals surface area contributed by atoms with E-state index in [4.69, 9.17) is 0 Å². The van der Waals surface area contributed by atoms with Crippen LogP contribution in [0.25, 0.3) is 0 Å². The van der Waals surface area contributed by atoms with Gasteiger partial charge in [-0.1, -0.05) is 67.9 Å². The molecule has 2 heterocycles. The van der Waals surface area contributed by atoms with Crippen LogP contribution in [0.2, 0.25) is 0 Å². The van der Waals surface area contributed by atoms with Gasteiger partial charge in [0.25, 0.3) is 0 Å². The van der Waals surface area contributed by atoms with Gasteiger partial charge in [-0.15, -0.1) is 0 Å². The molecule has 1 heteroatoms. The zero-order valence-electron chi connectivity index (χ0n) is 14.0. The minimum atomic E-state index is 0.543. The molecular formula is C21H27N. The van der Waals surface area contributed by atoms with E-state index in [-0.39, 0.29) is 0 Å². The molecule has 0 aromatic heterocycles. The standard InChI is InChI=1S/C19H21N.C2H6/c1-14-8-10-15(11-9-14)18-13-20-12-4-7-19(20)17-6-3-2-5-16(17)18;1-2/h2-3,5-6,8-11,18-19H,4,7,12-13H2,1H3;1-2H3/t18-,19+;/m0./s1. The van der Waals surface area contributed by atoms with Crippen LogP contribution in [0.4, 0.5) is 0 Å². The van der Waals surface area contributed by atoms with E-state index >= 15 is 0 Å². The molecule has 1 saturated heterocycles. The van der Waals surface area contributed by atoms with Crippen LogP contribution in [-0.2, 0) is 0 Å². The molecule has 0 spiro atoms. The summed E-state index contributed by atoms with van der Waals surface area (Å²) < 4.78 is 0. The highest BCUT2D eigenvalue weighted by Gasteiger charge is 2.35. The lowest BCUT2D eigenvalue weighted by Crippen LogP contribution is -2.34. The second kappa shape index (κ2) is 6.66. The minimum Gasteiger partial charge on any atom is -0.295 e. The number of hydrogen-bond donors (Lipinski definition) is 0. The zero-order chi connectivity index (χ0) is 15.5. The average Bonchev–Trinajstić information content (AvgIpc) is 3.06. The topological polar surface area (TPSA) is 3.24 Å². The van der Waals surface area contributed by atoms with Gasteiger partial charge in [0.15, 0.2) is 0 Å². The molecular weight excluding hydrogens is 266 g/mol. The molecule has 0 bridgehead atoms. The Morgan fingerprint density at radius 2 is 1.59 bits per heavy atom. The third-order valence-corrected chi connectivity index (χ3v) is 4.99. The van der Waals surface area contributed by atoms with E-state index < -0.39 is 0 Å². The quantitative estimate of drug-likeness (QED) is 0.689. The number of nitrogens with zero attached hydrogens (tertiary/aromatic N) is 1. The molecule has 1 nitrogen and oxygen atoms in total. The van der Waals surface area contributed by atoms with Crippen molar-refractivity contribution in [1.82, 2.24) is 4.90 Å². The zero-order valence-corrected chi connectivity index (χ0v) is 14.0. The maximum absolute atomic E-state index is 2.69. The second-order valence-corrected chi connectivity index (χ2v) is 6.25. The fraction of sp³-hybridized carbons (Fsp3) is 0.429. The molecule has 0 unspecified atom stereocenters. The monoisotopic (exact) mass is 293 g/mol. The van der Waals surface area contributed by atoms with Crippen LogP contribution in [0.1, 0.15) is 60.9 Å². The summed E-state index contributed by atoms with van der Waals surface area (Å²) in [6, 6.07) is 18.9. The Morgan fingerprint density at radius 1 is 0.909 bits per heavy atom. The van der Waals surface area contributed by atoms with Gasteiger partial charge in [-0.2, -0.15) is 0 Å². The van der Waals surface area contributed by atoms with Crippen molar-refractivity contribution in [3.63, 3.8) is 0 Å². The Morgan fingerprint density at radius 3 is 2.32 bits per heavy atom. The van der Waals surface area contributed by atoms with Crippen molar-refractivity contribution in [2.75, 3.05) is 13.1 Å². The van der Waals surface area contributed by atoms with Crippen LogP contribution in [0.5, 0.6) is 0 Å². The lowest BCUT2D eigenvalue weighted by atomic mass is 9.81. The van der Waals surface area contributed by atoms with E-state index in [9.17, 15) is 0 Å². The molecule has 0 amide bonds. The minimum absolute atomic E-state index is 0.543. The van der Waals surface area contributed by atoms with E-state index in [1.807, 2.05) is 13.8 Å². The maximum atomic E-state index is 2.69. The van der Waals surface area contributed by atoms with Gasteiger partial charge in [0.05, 0.1) is 0 Å². The van der Waals surface area contributed by atoms with Gasteiger partial charge >= 0.3 is 0 Å². The van der Waals surface area contributed by atoms with Crippen LogP contribution in [-0.4, -0.2) is 18.0 Å². The lowest BCUT2D eigenvalue weighted by Gasteiger charge is -2.37. The SMILES string of the molecule is CC.Cc1ccc([C@@H]2CN3CCC[C@@H]3c3ccccc32)cc1. The molecule has 0 saturated carbocycles. The first-order valence-electron chi connectivity index (χ1n) is 8.72. The van der Waals surface area contributed by atoms with Crippen molar-refractivity contribution >= 4 is 0 Å². The highest BCUT2D eigenvalue weighted by atomic mass is 15.2. The number of fused-ring (bicyclic) bond motifs is 3. The van der Waals surface area contributed by atoms with Gasteiger partial charge in [-0.3, -0.25) is 4.90 Å². The Kier molecular flexibility index (Phi) is 4.63. The highest BCUT2D eigenvalue weighted by Crippen LogP contribution is 2.43. The van der Waals surface area contributed by atoms with Gasteiger partial charge < -0.3 is 0 Å². The van der Waals surface area contributed by atoms with E-state index in [1.54, 1.807) is 11.1 Å². The Hall–Kier alpha value is -1.60. The Bertz CT molecular complexity index is 614. The van der Waals surface area contributed by atoms with Crippen molar-refractivity contribution in [2.24, 2.45) is 0 Å². The molecule has 22 heavy (non-hydrogen) atoms. The van der Waals surface area contributed by atoms with Crippen LogP contribution < -0.4 is 0 Å². The second-order valence-electron chi connectivity index (χ2n) is 6.25. The number of aryl methyl sites for hydroxylation is 1. The smallest absolute Gasteiger partial charge is 0.0351 e. The molecule has 0 radical (unpaired) electrons. The van der Waals surface area contributed by atoms with E-state index in [0.717, 1.165) is 0 Å². The third-order valence-electron chi connectivity index (χ3n) is 4.99. The van der Waals surface area contributed by atoms with Gasteiger partial charge in [0, 0.05) is 18.5 Å². The summed E-state index contributed by atoms with van der Waals surface area (Å²) in [6.45, 7) is 8.61. The van der Waals surface area contributed by atoms with Gasteiger partial charge in [-0.25, -0.2) is 0 Å². The number of rotatable bonds is 1. The van der Waals surface area contributed by atoms with E-state index in [2.05, 4.69) is 60.4 Å². The fourth-order valence-corrected chi connectivity index (χ4v) is 3.95. The summed E-state index contributed by atoms with van der Waals surface area (Å²) >= 11 is 0. The Balaban J connectivity index is 0.000000693. The van der Waals surface area contributed by atoms with E-state index in [0.29, 0.717) is 12.0 Å². The maximum Gasteiger partial charge on any atom is 0.0351 e. The predicted octanol–water partition coefficient (Wildman–Crippen LogP) is 5.30. The fourth-order valence-electron chi connectivity index (χ4n) is 3.95. The summed E-state index contributed by atoms with van der Waals surface area (Å²) in [6.07, 6.45) is 2.68. The van der Waals surface area contributed by atoms with Gasteiger partial charge in [-0.05, 0) is 43.0 Å². The van der Waals surface area contributed by atoms with Crippen LogP contribution in [0.3, 0.4) is 0 Å². The average molecular weight is 293 g/mol. The normalized spacial score (nSPS) is 23.2. The van der Waals surface area contributed by atoms with Gasteiger partial charge in [0.1, 0.15) is 0 Å². The van der Waals surface area contributed by atoms with Gasteiger partial charge in [0.2, 0.25) is 0 Å². The summed E-state index contributed by atoms with van der Waals surface area (Å²) in [5.41, 5.74) is 5.94. The predicted molar refractivity (Wildman–Crippen MR) is 94.4 cm³/mol. The van der Waals surface area contributed by atoms with Crippen molar-refractivity contribution in [3.8, 4) is 0 Å². The van der Waals surface area contributed by atoms with Crippen molar-refractivity contribution in [1.29, 1.82) is 0 Å². The van der Waals surface area contributed by atoms with Crippen molar-refractivity contribution in [2.45, 2.75) is 45.6 Å². The summed E-state index contributed by atoms with van der Waals surface area (Å²) in [7, 11) is 0. The largest absolute Gasteiger partial charge is 0.295 e. The van der Waals surface area contributed by atoms with Crippen molar-refractivity contribution in [3.05, 3.63) is 70.8 Å². The molecule has 0 N–H and O–H groups in total. The molecule has 116 valence electrons. The molecule has 2 aliphatic rings. The molecule has 2 aliphatic heterocycles. The molecule has 4 rings (SSSR count). The number of hydrogen-bond acceptors (Lipinski definition) is 1. The van der Waals surface area contributed by atoms with Crippen molar-refractivity contribution < 1.29 is 0 Å². The van der Waals surface area contributed by atoms with Crippen LogP contribution in [0, 0.1) is 6.92 Å². The molecule has 0 aliphatic carbocycles. The molecule has 2 atom stereocenters. The summed E-state index contributed by atoms with van der Waals surface area (Å²) in [5.74, 6) is 0.543. The summed E-state index contributed by atoms with van der Waals surface area (Å²) in [5, 5.41) is 0. The molecule has 2 aromatic rings.